The molecule has 0 spiro atoms. The van der Waals surface area contributed by atoms with Crippen LogP contribution >= 0.6 is 0 Å². The van der Waals surface area contributed by atoms with Crippen molar-refractivity contribution in [1.29, 1.82) is 0 Å². The predicted molar refractivity (Wildman–Crippen MR) is 51.8 cm³/mol. The molecule has 1 fully saturated rings. The highest BCUT2D eigenvalue weighted by Crippen LogP contribution is 2.32. The third-order valence-corrected chi connectivity index (χ3v) is 2.71. The number of rotatable bonds is 0. The fourth-order valence-corrected chi connectivity index (χ4v) is 1.77. The summed E-state index contributed by atoms with van der Waals surface area (Å²) in [5.41, 5.74) is -0.255. The van der Waals surface area contributed by atoms with Crippen LogP contribution in [-0.4, -0.2) is 45.8 Å². The number of aliphatic hydroxyl groups is 3. The van der Waals surface area contributed by atoms with Crippen molar-refractivity contribution in [2.24, 2.45) is 5.41 Å². The first-order chi connectivity index (χ1) is 6.25. The first kappa shape index (κ1) is 11.9. The van der Waals surface area contributed by atoms with E-state index in [2.05, 4.69) is 0 Å². The first-order valence-corrected chi connectivity index (χ1v) is 4.95. The van der Waals surface area contributed by atoms with Gasteiger partial charge in [0.1, 0.15) is 18.3 Å². The number of ether oxygens (including phenoxy) is 1. The van der Waals surface area contributed by atoms with E-state index in [1.807, 2.05) is 20.8 Å². The van der Waals surface area contributed by atoms with E-state index in [4.69, 9.17) is 4.74 Å². The fourth-order valence-electron chi connectivity index (χ4n) is 1.77. The van der Waals surface area contributed by atoms with Gasteiger partial charge in [0.05, 0.1) is 12.2 Å². The molecule has 1 heterocycles. The topological polar surface area (TPSA) is 69.9 Å². The van der Waals surface area contributed by atoms with Crippen LogP contribution in [0.25, 0.3) is 0 Å². The molecule has 1 saturated heterocycles. The van der Waals surface area contributed by atoms with Gasteiger partial charge in [0.25, 0.3) is 0 Å². The molecule has 0 aromatic carbocycles. The molecule has 0 saturated carbocycles. The lowest BCUT2D eigenvalue weighted by molar-refractivity contribution is -0.239. The summed E-state index contributed by atoms with van der Waals surface area (Å²) in [5.74, 6) is 0. The summed E-state index contributed by atoms with van der Waals surface area (Å²) in [4.78, 5) is 0. The van der Waals surface area contributed by atoms with Crippen molar-refractivity contribution in [3.05, 3.63) is 0 Å². The van der Waals surface area contributed by atoms with E-state index in [-0.39, 0.29) is 5.41 Å². The molecule has 84 valence electrons. The van der Waals surface area contributed by atoms with Crippen LogP contribution in [0, 0.1) is 5.41 Å². The Bertz CT molecular complexity index is 199. The smallest absolute Gasteiger partial charge is 0.111 e. The van der Waals surface area contributed by atoms with Gasteiger partial charge in [0, 0.05) is 0 Å². The molecule has 2 unspecified atom stereocenters. The lowest BCUT2D eigenvalue weighted by Crippen LogP contribution is -2.59. The van der Waals surface area contributed by atoms with Gasteiger partial charge in [-0.05, 0) is 12.3 Å². The molecule has 4 heteroatoms. The van der Waals surface area contributed by atoms with Crippen molar-refractivity contribution in [3.8, 4) is 0 Å². The van der Waals surface area contributed by atoms with Gasteiger partial charge in [-0.25, -0.2) is 0 Å². The van der Waals surface area contributed by atoms with Crippen molar-refractivity contribution in [2.45, 2.75) is 58.2 Å². The van der Waals surface area contributed by atoms with Gasteiger partial charge in [0.2, 0.25) is 0 Å². The second kappa shape index (κ2) is 3.77. The largest absolute Gasteiger partial charge is 0.388 e. The zero-order chi connectivity index (χ0) is 11.1. The average Bonchev–Trinajstić information content (AvgIpc) is 2.06. The summed E-state index contributed by atoms with van der Waals surface area (Å²) in [6.45, 7) is 7.48. The number of hydrogen-bond donors (Lipinski definition) is 3. The highest BCUT2D eigenvalue weighted by atomic mass is 16.5. The Kier molecular flexibility index (Phi) is 3.21. The standard InChI is InChI=1S/C10H20O4/c1-5-6(11)7(12)8(13)9(14-5)10(2,3)4/h5-9,11-13H,1-4H3/t5?,6-,7?,8+,9+/m0/s1. The molecule has 1 aliphatic heterocycles. The zero-order valence-corrected chi connectivity index (χ0v) is 9.14. The van der Waals surface area contributed by atoms with Crippen molar-refractivity contribution in [1.82, 2.24) is 0 Å². The van der Waals surface area contributed by atoms with Gasteiger partial charge >= 0.3 is 0 Å². The molecule has 0 aromatic rings. The summed E-state index contributed by atoms with van der Waals surface area (Å²) in [6, 6.07) is 0. The predicted octanol–water partition coefficient (Wildman–Crippen LogP) is -0.0975. The lowest BCUT2D eigenvalue weighted by atomic mass is 9.80. The van der Waals surface area contributed by atoms with Gasteiger partial charge in [-0.3, -0.25) is 0 Å². The molecule has 3 N–H and O–H groups in total. The molecular formula is C10H20O4. The van der Waals surface area contributed by atoms with E-state index >= 15 is 0 Å². The van der Waals surface area contributed by atoms with Crippen molar-refractivity contribution >= 4 is 0 Å². The summed E-state index contributed by atoms with van der Waals surface area (Å²) in [6.07, 6.45) is -4.05. The molecule has 0 radical (unpaired) electrons. The lowest BCUT2D eigenvalue weighted by Gasteiger charge is -2.44. The Labute approximate surface area is 84.5 Å². The second-order valence-electron chi connectivity index (χ2n) is 5.10. The van der Waals surface area contributed by atoms with Gasteiger partial charge in [0.15, 0.2) is 0 Å². The quantitative estimate of drug-likeness (QED) is 0.515. The molecule has 0 aliphatic carbocycles. The van der Waals surface area contributed by atoms with Crippen LogP contribution in [0.3, 0.4) is 0 Å². The molecule has 4 nitrogen and oxygen atoms in total. The van der Waals surface area contributed by atoms with Gasteiger partial charge in [-0.1, -0.05) is 20.8 Å². The van der Waals surface area contributed by atoms with Crippen LogP contribution in [0.5, 0.6) is 0 Å². The number of hydrogen-bond acceptors (Lipinski definition) is 4. The highest BCUT2D eigenvalue weighted by molar-refractivity contribution is 4.95. The molecule has 0 amide bonds. The summed E-state index contributed by atoms with van der Waals surface area (Å²) in [5, 5.41) is 28.8. The minimum atomic E-state index is -1.12. The van der Waals surface area contributed by atoms with E-state index in [0.717, 1.165) is 0 Å². The van der Waals surface area contributed by atoms with Gasteiger partial charge in [-0.2, -0.15) is 0 Å². The molecular weight excluding hydrogens is 184 g/mol. The maximum absolute atomic E-state index is 9.73. The van der Waals surface area contributed by atoms with Crippen LogP contribution in [0.15, 0.2) is 0 Å². The average molecular weight is 204 g/mol. The maximum atomic E-state index is 9.73. The molecule has 0 bridgehead atoms. The van der Waals surface area contributed by atoms with Crippen LogP contribution in [0.1, 0.15) is 27.7 Å². The molecule has 5 atom stereocenters. The van der Waals surface area contributed by atoms with E-state index in [1.54, 1.807) is 6.92 Å². The van der Waals surface area contributed by atoms with Crippen molar-refractivity contribution in [3.63, 3.8) is 0 Å². The normalized spacial score (nSPS) is 45.2. The fraction of sp³-hybridized carbons (Fsp3) is 1.00. The minimum absolute atomic E-state index is 0.255. The molecule has 1 rings (SSSR count). The molecule has 1 aliphatic rings. The summed E-state index contributed by atoms with van der Waals surface area (Å²) < 4.78 is 5.49. The monoisotopic (exact) mass is 204 g/mol. The summed E-state index contributed by atoms with van der Waals surface area (Å²) in [7, 11) is 0. The Hall–Kier alpha value is -0.160. The van der Waals surface area contributed by atoms with E-state index in [9.17, 15) is 15.3 Å². The minimum Gasteiger partial charge on any atom is -0.388 e. The van der Waals surface area contributed by atoms with E-state index < -0.39 is 30.5 Å². The Balaban J connectivity index is 2.81. The van der Waals surface area contributed by atoms with E-state index in [0.29, 0.717) is 0 Å². The maximum Gasteiger partial charge on any atom is 0.111 e. The Morgan fingerprint density at radius 2 is 1.43 bits per heavy atom. The molecule has 0 aromatic heterocycles. The van der Waals surface area contributed by atoms with Crippen LogP contribution < -0.4 is 0 Å². The van der Waals surface area contributed by atoms with Crippen LogP contribution in [0.4, 0.5) is 0 Å². The van der Waals surface area contributed by atoms with Crippen molar-refractivity contribution in [2.75, 3.05) is 0 Å². The third-order valence-electron chi connectivity index (χ3n) is 2.71. The first-order valence-electron chi connectivity index (χ1n) is 4.95. The van der Waals surface area contributed by atoms with Crippen molar-refractivity contribution < 1.29 is 20.1 Å². The highest BCUT2D eigenvalue weighted by Gasteiger charge is 2.46. The molecule has 14 heavy (non-hydrogen) atoms. The SMILES string of the molecule is CC1O[C@@H](C(C)(C)C)[C@H](O)C(O)[C@H]1O. The summed E-state index contributed by atoms with van der Waals surface area (Å²) >= 11 is 0. The zero-order valence-electron chi connectivity index (χ0n) is 9.14. The van der Waals surface area contributed by atoms with E-state index in [1.165, 1.54) is 0 Å². The van der Waals surface area contributed by atoms with Gasteiger partial charge in [-0.15, -0.1) is 0 Å². The Morgan fingerprint density at radius 1 is 0.929 bits per heavy atom. The van der Waals surface area contributed by atoms with Crippen LogP contribution in [-0.2, 0) is 4.74 Å². The van der Waals surface area contributed by atoms with Crippen LogP contribution in [0.2, 0.25) is 0 Å². The third kappa shape index (κ3) is 2.08. The second-order valence-corrected chi connectivity index (χ2v) is 5.10. The van der Waals surface area contributed by atoms with Gasteiger partial charge < -0.3 is 20.1 Å². The Morgan fingerprint density at radius 3 is 1.86 bits per heavy atom. The number of aliphatic hydroxyl groups excluding tert-OH is 3.